The summed E-state index contributed by atoms with van der Waals surface area (Å²) < 4.78 is 0. The van der Waals surface area contributed by atoms with Gasteiger partial charge < -0.3 is 16.4 Å². The summed E-state index contributed by atoms with van der Waals surface area (Å²) in [6.07, 6.45) is 2.13. The molecule has 0 bridgehead atoms. The topological polar surface area (TPSA) is 67.2 Å². The highest BCUT2D eigenvalue weighted by Gasteiger charge is 2.20. The Morgan fingerprint density at radius 3 is 2.82 bits per heavy atom. The Hall–Kier alpha value is -1.39. The monoisotopic (exact) mass is 233 g/mol. The fourth-order valence-corrected chi connectivity index (χ4v) is 2.08. The van der Waals surface area contributed by atoms with E-state index in [1.807, 2.05) is 30.3 Å². The Kier molecular flexibility index (Phi) is 4.12. The molecule has 1 aliphatic heterocycles. The molecule has 0 radical (unpaired) electrons. The summed E-state index contributed by atoms with van der Waals surface area (Å²) in [4.78, 5) is 11.9. The van der Waals surface area contributed by atoms with Crippen molar-refractivity contribution in [2.75, 3.05) is 13.1 Å². The molecule has 4 N–H and O–H groups in total. The van der Waals surface area contributed by atoms with Gasteiger partial charge in [-0.15, -0.1) is 0 Å². The first-order chi connectivity index (χ1) is 8.27. The molecule has 1 fully saturated rings. The van der Waals surface area contributed by atoms with Crippen LogP contribution in [0.15, 0.2) is 30.3 Å². The lowest BCUT2D eigenvalue weighted by Crippen LogP contribution is -2.48. The van der Waals surface area contributed by atoms with Gasteiger partial charge in [-0.3, -0.25) is 4.79 Å². The number of amides is 1. The fraction of sp³-hybridized carbons (Fsp3) is 0.462. The Morgan fingerprint density at radius 2 is 2.18 bits per heavy atom. The number of nitrogens with two attached hydrogens (primary N) is 1. The van der Waals surface area contributed by atoms with Gasteiger partial charge in [0.05, 0.1) is 0 Å². The molecule has 1 unspecified atom stereocenters. The van der Waals surface area contributed by atoms with E-state index >= 15 is 0 Å². The van der Waals surface area contributed by atoms with Gasteiger partial charge in [0.25, 0.3) is 0 Å². The zero-order chi connectivity index (χ0) is 12.1. The highest BCUT2D eigenvalue weighted by atomic mass is 16.2. The van der Waals surface area contributed by atoms with Gasteiger partial charge in [0.2, 0.25) is 5.91 Å². The lowest BCUT2D eigenvalue weighted by Gasteiger charge is -2.25. The van der Waals surface area contributed by atoms with E-state index in [9.17, 15) is 4.79 Å². The standard InChI is InChI=1S/C13H19N3O/c14-12(10-5-2-1-3-6-10)13(17)16-11-7-4-8-15-9-11/h1-3,5-6,11-12,15H,4,7-9,14H2,(H,16,17)/t11-,12?/m0/s1. The van der Waals surface area contributed by atoms with Crippen LogP contribution in [-0.2, 0) is 4.79 Å². The maximum absolute atomic E-state index is 11.9. The molecule has 0 saturated carbocycles. The number of hydrogen-bond donors (Lipinski definition) is 3. The van der Waals surface area contributed by atoms with Crippen molar-refractivity contribution in [3.8, 4) is 0 Å². The molecule has 1 saturated heterocycles. The maximum Gasteiger partial charge on any atom is 0.241 e. The summed E-state index contributed by atoms with van der Waals surface area (Å²) in [6, 6.07) is 9.10. The van der Waals surface area contributed by atoms with Crippen molar-refractivity contribution < 1.29 is 4.79 Å². The summed E-state index contributed by atoms with van der Waals surface area (Å²) in [5.41, 5.74) is 6.78. The summed E-state index contributed by atoms with van der Waals surface area (Å²) in [5.74, 6) is -0.0927. The first-order valence-corrected chi connectivity index (χ1v) is 6.09. The molecule has 2 atom stereocenters. The Labute approximate surface area is 102 Å². The van der Waals surface area contributed by atoms with E-state index in [0.717, 1.165) is 31.5 Å². The number of carbonyl (C=O) groups is 1. The molecule has 1 aromatic rings. The quantitative estimate of drug-likeness (QED) is 0.714. The first kappa shape index (κ1) is 12.1. The van der Waals surface area contributed by atoms with Crippen LogP contribution in [0.2, 0.25) is 0 Å². The molecule has 1 amide bonds. The molecule has 4 nitrogen and oxygen atoms in total. The third-order valence-electron chi connectivity index (χ3n) is 3.08. The average molecular weight is 233 g/mol. The number of nitrogens with one attached hydrogen (secondary N) is 2. The van der Waals surface area contributed by atoms with Crippen LogP contribution in [0.25, 0.3) is 0 Å². The molecule has 17 heavy (non-hydrogen) atoms. The van der Waals surface area contributed by atoms with Crippen molar-refractivity contribution >= 4 is 5.91 Å². The third-order valence-corrected chi connectivity index (χ3v) is 3.08. The van der Waals surface area contributed by atoms with Gasteiger partial charge in [-0.05, 0) is 24.9 Å². The van der Waals surface area contributed by atoms with Crippen LogP contribution in [0, 0.1) is 0 Å². The minimum atomic E-state index is -0.571. The summed E-state index contributed by atoms with van der Waals surface area (Å²) in [6.45, 7) is 1.88. The second kappa shape index (κ2) is 5.80. The van der Waals surface area contributed by atoms with Crippen LogP contribution in [0.1, 0.15) is 24.4 Å². The minimum absolute atomic E-state index is 0.0927. The van der Waals surface area contributed by atoms with Crippen LogP contribution >= 0.6 is 0 Å². The molecule has 0 aromatic heterocycles. The van der Waals surface area contributed by atoms with Crippen molar-refractivity contribution in [3.05, 3.63) is 35.9 Å². The molecule has 1 aliphatic rings. The fourth-order valence-electron chi connectivity index (χ4n) is 2.08. The van der Waals surface area contributed by atoms with Crippen LogP contribution in [-0.4, -0.2) is 25.0 Å². The van der Waals surface area contributed by atoms with E-state index in [1.165, 1.54) is 0 Å². The smallest absolute Gasteiger partial charge is 0.241 e. The Bertz CT molecular complexity index is 360. The van der Waals surface area contributed by atoms with Gasteiger partial charge >= 0.3 is 0 Å². The molecule has 1 aromatic carbocycles. The van der Waals surface area contributed by atoms with Crippen molar-refractivity contribution in [1.29, 1.82) is 0 Å². The van der Waals surface area contributed by atoms with E-state index in [2.05, 4.69) is 10.6 Å². The van der Waals surface area contributed by atoms with Crippen molar-refractivity contribution in [1.82, 2.24) is 10.6 Å². The zero-order valence-corrected chi connectivity index (χ0v) is 9.86. The summed E-state index contributed by atoms with van der Waals surface area (Å²) in [5, 5.41) is 6.25. The van der Waals surface area contributed by atoms with Crippen LogP contribution in [0.5, 0.6) is 0 Å². The number of rotatable bonds is 3. The lowest BCUT2D eigenvalue weighted by atomic mass is 10.0. The van der Waals surface area contributed by atoms with Crippen molar-refractivity contribution in [3.63, 3.8) is 0 Å². The zero-order valence-electron chi connectivity index (χ0n) is 9.86. The van der Waals surface area contributed by atoms with Crippen LogP contribution in [0.3, 0.4) is 0 Å². The summed E-state index contributed by atoms with van der Waals surface area (Å²) in [7, 11) is 0. The van der Waals surface area contributed by atoms with Gasteiger partial charge in [0.15, 0.2) is 0 Å². The first-order valence-electron chi connectivity index (χ1n) is 6.09. The Morgan fingerprint density at radius 1 is 1.41 bits per heavy atom. The van der Waals surface area contributed by atoms with E-state index in [4.69, 9.17) is 5.73 Å². The molecule has 1 heterocycles. The maximum atomic E-state index is 11.9. The molecule has 4 heteroatoms. The molecular weight excluding hydrogens is 214 g/mol. The van der Waals surface area contributed by atoms with E-state index in [0.29, 0.717) is 0 Å². The van der Waals surface area contributed by atoms with Crippen molar-refractivity contribution in [2.45, 2.75) is 24.9 Å². The minimum Gasteiger partial charge on any atom is -0.350 e. The van der Waals surface area contributed by atoms with Gasteiger partial charge in [-0.25, -0.2) is 0 Å². The van der Waals surface area contributed by atoms with E-state index in [1.54, 1.807) is 0 Å². The lowest BCUT2D eigenvalue weighted by molar-refractivity contribution is -0.123. The molecule has 2 rings (SSSR count). The molecular formula is C13H19N3O. The van der Waals surface area contributed by atoms with E-state index in [-0.39, 0.29) is 11.9 Å². The Balaban J connectivity index is 1.91. The van der Waals surface area contributed by atoms with Gasteiger partial charge in [0, 0.05) is 12.6 Å². The van der Waals surface area contributed by atoms with Gasteiger partial charge in [0.1, 0.15) is 6.04 Å². The average Bonchev–Trinajstić information content (AvgIpc) is 2.40. The molecule has 0 spiro atoms. The normalized spacial score (nSPS) is 21.8. The van der Waals surface area contributed by atoms with Crippen LogP contribution < -0.4 is 16.4 Å². The predicted octanol–water partition coefficient (Wildman–Crippen LogP) is 0.555. The number of piperidine rings is 1. The van der Waals surface area contributed by atoms with E-state index < -0.39 is 6.04 Å². The molecule has 0 aliphatic carbocycles. The second-order valence-corrected chi connectivity index (χ2v) is 4.44. The largest absolute Gasteiger partial charge is 0.350 e. The highest BCUT2D eigenvalue weighted by molar-refractivity contribution is 5.83. The number of hydrogen-bond acceptors (Lipinski definition) is 3. The second-order valence-electron chi connectivity index (χ2n) is 4.44. The van der Waals surface area contributed by atoms with Crippen molar-refractivity contribution in [2.24, 2.45) is 5.73 Å². The highest BCUT2D eigenvalue weighted by Crippen LogP contribution is 2.10. The number of carbonyl (C=O) groups excluding carboxylic acids is 1. The van der Waals surface area contributed by atoms with Gasteiger partial charge in [-0.2, -0.15) is 0 Å². The third kappa shape index (κ3) is 3.28. The van der Waals surface area contributed by atoms with Crippen LogP contribution in [0.4, 0.5) is 0 Å². The SMILES string of the molecule is NC(C(=O)N[C@H]1CCCNC1)c1ccccc1. The number of benzene rings is 1. The predicted molar refractivity (Wildman–Crippen MR) is 67.4 cm³/mol. The summed E-state index contributed by atoms with van der Waals surface area (Å²) >= 11 is 0. The molecule has 92 valence electrons. The van der Waals surface area contributed by atoms with Gasteiger partial charge in [-0.1, -0.05) is 30.3 Å².